The number of pyridine rings is 1. The highest BCUT2D eigenvalue weighted by atomic mass is 19.3. The Morgan fingerprint density at radius 1 is 1.17 bits per heavy atom. The first-order chi connectivity index (χ1) is 5.61. The summed E-state index contributed by atoms with van der Waals surface area (Å²) >= 11 is 0. The molecule has 6 heteroatoms. The number of alkyl halides is 2. The van der Waals surface area contributed by atoms with Crippen molar-refractivity contribution in [2.75, 3.05) is 0 Å². The van der Waals surface area contributed by atoms with E-state index in [1.807, 2.05) is 0 Å². The molecule has 2 nitrogen and oxygen atoms in total. The van der Waals surface area contributed by atoms with Crippen molar-refractivity contribution in [3.8, 4) is 5.75 Å². The van der Waals surface area contributed by atoms with E-state index < -0.39 is 24.0 Å². The SMILES string of the molecule is Fc1cncc(F)c1OC(F)F. The fourth-order valence-electron chi connectivity index (χ4n) is 0.601. The molecule has 1 aromatic rings. The molecule has 0 radical (unpaired) electrons. The molecule has 0 aliphatic heterocycles. The number of hydrogen-bond donors (Lipinski definition) is 0. The Bertz CT molecular complexity index is 258. The van der Waals surface area contributed by atoms with Crippen molar-refractivity contribution in [1.82, 2.24) is 4.98 Å². The Morgan fingerprint density at radius 3 is 2.08 bits per heavy atom. The summed E-state index contributed by atoms with van der Waals surface area (Å²) in [7, 11) is 0. The lowest BCUT2D eigenvalue weighted by atomic mass is 10.4. The molecular weight excluding hydrogens is 178 g/mol. The molecule has 0 amide bonds. The van der Waals surface area contributed by atoms with Crippen LogP contribution in [0.5, 0.6) is 5.75 Å². The first-order valence-electron chi connectivity index (χ1n) is 2.85. The molecule has 0 fully saturated rings. The zero-order chi connectivity index (χ0) is 9.14. The van der Waals surface area contributed by atoms with Crippen LogP contribution >= 0.6 is 0 Å². The number of aromatic nitrogens is 1. The van der Waals surface area contributed by atoms with Crippen molar-refractivity contribution in [3.05, 3.63) is 24.0 Å². The molecule has 12 heavy (non-hydrogen) atoms. The zero-order valence-corrected chi connectivity index (χ0v) is 5.60. The van der Waals surface area contributed by atoms with E-state index in [1.54, 1.807) is 0 Å². The Morgan fingerprint density at radius 2 is 1.67 bits per heavy atom. The van der Waals surface area contributed by atoms with Crippen molar-refractivity contribution in [2.45, 2.75) is 6.61 Å². The maximum atomic E-state index is 12.4. The monoisotopic (exact) mass is 181 g/mol. The van der Waals surface area contributed by atoms with Gasteiger partial charge in [0.25, 0.3) is 0 Å². The van der Waals surface area contributed by atoms with Gasteiger partial charge in [0.15, 0.2) is 11.6 Å². The summed E-state index contributed by atoms with van der Waals surface area (Å²) in [5, 5.41) is 0. The number of halogens is 4. The first-order valence-corrected chi connectivity index (χ1v) is 2.85. The highest BCUT2D eigenvalue weighted by Gasteiger charge is 2.14. The summed E-state index contributed by atoms with van der Waals surface area (Å²) in [5.41, 5.74) is 0. The number of nitrogens with zero attached hydrogens (tertiary/aromatic N) is 1. The molecule has 0 N–H and O–H groups in total. The van der Waals surface area contributed by atoms with Gasteiger partial charge in [0.1, 0.15) is 0 Å². The summed E-state index contributed by atoms with van der Waals surface area (Å²) in [6.07, 6.45) is 1.17. The van der Waals surface area contributed by atoms with Crippen LogP contribution in [0.1, 0.15) is 0 Å². The summed E-state index contributed by atoms with van der Waals surface area (Å²) in [6.45, 7) is -3.25. The third kappa shape index (κ3) is 1.84. The van der Waals surface area contributed by atoms with Gasteiger partial charge in [0.2, 0.25) is 5.75 Å². The molecule has 0 atom stereocenters. The van der Waals surface area contributed by atoms with Gasteiger partial charge in [-0.05, 0) is 0 Å². The molecule has 1 rings (SSSR count). The van der Waals surface area contributed by atoms with E-state index in [9.17, 15) is 17.6 Å². The first kappa shape index (κ1) is 8.76. The number of ether oxygens (including phenoxy) is 1. The zero-order valence-electron chi connectivity index (χ0n) is 5.60. The summed E-state index contributed by atoms with van der Waals surface area (Å²) in [5.74, 6) is -3.62. The molecule has 0 bridgehead atoms. The van der Waals surface area contributed by atoms with Crippen LogP contribution in [0.15, 0.2) is 12.4 Å². The van der Waals surface area contributed by atoms with Crippen molar-refractivity contribution >= 4 is 0 Å². The van der Waals surface area contributed by atoms with Crippen molar-refractivity contribution in [3.63, 3.8) is 0 Å². The van der Waals surface area contributed by atoms with Gasteiger partial charge in [-0.25, -0.2) is 8.78 Å². The second-order valence-electron chi connectivity index (χ2n) is 1.81. The average molecular weight is 181 g/mol. The van der Waals surface area contributed by atoms with Gasteiger partial charge in [0, 0.05) is 0 Å². The van der Waals surface area contributed by atoms with E-state index >= 15 is 0 Å². The molecule has 66 valence electrons. The third-order valence-corrected chi connectivity index (χ3v) is 1.02. The van der Waals surface area contributed by atoms with Crippen LogP contribution in [0.4, 0.5) is 17.6 Å². The highest BCUT2D eigenvalue weighted by Crippen LogP contribution is 2.21. The summed E-state index contributed by atoms with van der Waals surface area (Å²) in [6, 6.07) is 0. The standard InChI is InChI=1S/C6H3F4NO/c7-3-1-11-2-4(8)5(3)12-6(9)10/h1-2,6H. The van der Waals surface area contributed by atoms with Crippen LogP contribution in [0.2, 0.25) is 0 Å². The van der Waals surface area contributed by atoms with E-state index in [4.69, 9.17) is 0 Å². The summed E-state index contributed by atoms with van der Waals surface area (Å²) in [4.78, 5) is 3.08. The molecule has 0 aliphatic carbocycles. The molecule has 0 aliphatic rings. The van der Waals surface area contributed by atoms with Crippen LogP contribution in [0.25, 0.3) is 0 Å². The molecule has 0 saturated carbocycles. The molecule has 1 aromatic heterocycles. The quantitative estimate of drug-likeness (QED) is 0.650. The van der Waals surface area contributed by atoms with Gasteiger partial charge in [0.05, 0.1) is 12.4 Å². The molecule has 0 spiro atoms. The van der Waals surface area contributed by atoms with Crippen LogP contribution in [-0.2, 0) is 0 Å². The Kier molecular flexibility index (Phi) is 2.47. The van der Waals surface area contributed by atoms with E-state index in [0.29, 0.717) is 12.4 Å². The summed E-state index contributed by atoms with van der Waals surface area (Å²) < 4.78 is 51.5. The molecule has 0 saturated heterocycles. The Balaban J connectivity index is 2.96. The average Bonchev–Trinajstić information content (AvgIpc) is 1.97. The van der Waals surface area contributed by atoms with Crippen LogP contribution in [0.3, 0.4) is 0 Å². The van der Waals surface area contributed by atoms with Gasteiger partial charge in [-0.2, -0.15) is 8.78 Å². The maximum absolute atomic E-state index is 12.4. The van der Waals surface area contributed by atoms with Crippen LogP contribution in [-0.4, -0.2) is 11.6 Å². The number of hydrogen-bond acceptors (Lipinski definition) is 2. The van der Waals surface area contributed by atoms with Crippen LogP contribution in [0, 0.1) is 11.6 Å². The third-order valence-electron chi connectivity index (χ3n) is 1.02. The normalized spacial score (nSPS) is 10.4. The lowest BCUT2D eigenvalue weighted by Crippen LogP contribution is -2.05. The topological polar surface area (TPSA) is 22.1 Å². The van der Waals surface area contributed by atoms with E-state index in [0.717, 1.165) is 0 Å². The second kappa shape index (κ2) is 3.38. The Labute approximate surface area is 64.8 Å². The fraction of sp³-hybridized carbons (Fsp3) is 0.167. The molecule has 0 aromatic carbocycles. The minimum absolute atomic E-state index is 0.584. The lowest BCUT2D eigenvalue weighted by molar-refractivity contribution is -0.0547. The minimum Gasteiger partial charge on any atom is -0.428 e. The molecule has 1 heterocycles. The van der Waals surface area contributed by atoms with E-state index in [-0.39, 0.29) is 0 Å². The van der Waals surface area contributed by atoms with Gasteiger partial charge in [-0.3, -0.25) is 4.98 Å². The van der Waals surface area contributed by atoms with Crippen molar-refractivity contribution in [2.24, 2.45) is 0 Å². The maximum Gasteiger partial charge on any atom is 0.387 e. The van der Waals surface area contributed by atoms with Gasteiger partial charge < -0.3 is 4.74 Å². The predicted octanol–water partition coefficient (Wildman–Crippen LogP) is 1.96. The molecule has 0 unspecified atom stereocenters. The fourth-order valence-corrected chi connectivity index (χ4v) is 0.601. The van der Waals surface area contributed by atoms with E-state index in [1.165, 1.54) is 0 Å². The largest absolute Gasteiger partial charge is 0.428 e. The second-order valence-corrected chi connectivity index (χ2v) is 1.81. The predicted molar refractivity (Wildman–Crippen MR) is 30.8 cm³/mol. The van der Waals surface area contributed by atoms with Gasteiger partial charge in [-0.15, -0.1) is 0 Å². The van der Waals surface area contributed by atoms with Crippen LogP contribution < -0.4 is 4.74 Å². The van der Waals surface area contributed by atoms with Crippen molar-refractivity contribution < 1.29 is 22.3 Å². The van der Waals surface area contributed by atoms with Gasteiger partial charge in [-0.1, -0.05) is 0 Å². The highest BCUT2D eigenvalue weighted by molar-refractivity contribution is 5.22. The van der Waals surface area contributed by atoms with Crippen molar-refractivity contribution in [1.29, 1.82) is 0 Å². The smallest absolute Gasteiger partial charge is 0.387 e. The number of rotatable bonds is 2. The Hall–Kier alpha value is -1.33. The lowest BCUT2D eigenvalue weighted by Gasteiger charge is -2.04. The van der Waals surface area contributed by atoms with Gasteiger partial charge >= 0.3 is 6.61 Å². The molecular formula is C6H3F4NO. The minimum atomic E-state index is -3.25. The van der Waals surface area contributed by atoms with E-state index in [2.05, 4.69) is 9.72 Å².